The quantitative estimate of drug-likeness (QED) is 0.150. The van der Waals surface area contributed by atoms with E-state index in [1.807, 2.05) is 52.8 Å². The van der Waals surface area contributed by atoms with Crippen LogP contribution in [-0.4, -0.2) is 0 Å². The number of benzene rings is 7. The van der Waals surface area contributed by atoms with Crippen molar-refractivity contribution >= 4 is 162 Å². The van der Waals surface area contributed by atoms with Gasteiger partial charge in [0.1, 0.15) is 35.5 Å². The highest BCUT2D eigenvalue weighted by molar-refractivity contribution is 7.21. The van der Waals surface area contributed by atoms with Gasteiger partial charge in [0.2, 0.25) is 0 Å². The molecule has 36 heavy (non-hydrogen) atoms. The molecule has 0 radical (unpaired) electrons. The van der Waals surface area contributed by atoms with Crippen LogP contribution in [0, 0.1) is 0 Å². The van der Waals surface area contributed by atoms with Crippen LogP contribution in [0.25, 0.3) is 128 Å². The molecule has 0 unspecified atom stereocenters. The molecule has 0 aliphatic carbocycles. The Labute approximate surface area is 209 Å². The Hall–Kier alpha value is -3.84. The van der Waals surface area contributed by atoms with Crippen molar-refractivity contribution in [3.05, 3.63) is 34.9 Å². The molecule has 0 saturated heterocycles. The number of furan rings is 3. The minimum Gasteiger partial charge on any atom is -0.463 e. The SMILES string of the molecule is c1oc2c3csc4c5coc6c7csc8c9coc%10c%11csc%12c1c2c1c(c34)c(c56)c(c78)c(c9%10)c1c%11%12. The molecule has 0 atom stereocenters. The van der Waals surface area contributed by atoms with E-state index in [1.54, 1.807) is 0 Å². The molecule has 0 N–H and O–H groups in total. The second kappa shape index (κ2) is 4.41. The molecular weight excluding hydrogens is 505 g/mol. The minimum atomic E-state index is 1.02. The van der Waals surface area contributed by atoms with Gasteiger partial charge in [0.25, 0.3) is 0 Å². The second-order valence-corrected chi connectivity index (χ2v) is 13.0. The lowest BCUT2D eigenvalue weighted by Crippen LogP contribution is -1.93. The number of hydrogen-bond donors (Lipinski definition) is 0. The van der Waals surface area contributed by atoms with Gasteiger partial charge in [-0.2, -0.15) is 0 Å². The second-order valence-electron chi connectivity index (χ2n) is 10.4. The fraction of sp³-hybridized carbons (Fsp3) is 0. The van der Waals surface area contributed by atoms with Gasteiger partial charge in [-0.15, -0.1) is 34.0 Å². The van der Waals surface area contributed by atoms with Gasteiger partial charge in [0.15, 0.2) is 0 Å². The van der Waals surface area contributed by atoms with Gasteiger partial charge in [0, 0.05) is 127 Å². The molecule has 6 aromatic heterocycles. The molecule has 13 aromatic rings. The van der Waals surface area contributed by atoms with Crippen LogP contribution in [0.5, 0.6) is 0 Å². The summed E-state index contributed by atoms with van der Waals surface area (Å²) in [5.41, 5.74) is 3.06. The molecule has 0 fully saturated rings. The predicted molar refractivity (Wildman–Crippen MR) is 154 cm³/mol. The molecule has 0 bridgehead atoms. The lowest BCUT2D eigenvalue weighted by atomic mass is 9.79. The van der Waals surface area contributed by atoms with Crippen LogP contribution >= 0.6 is 34.0 Å². The fourth-order valence-corrected chi connectivity index (χ4v) is 11.3. The smallest absolute Gasteiger partial charge is 0.143 e. The molecule has 6 heterocycles. The monoisotopic (exact) mass is 510 g/mol. The van der Waals surface area contributed by atoms with Gasteiger partial charge in [-0.3, -0.25) is 0 Å². The van der Waals surface area contributed by atoms with Gasteiger partial charge in [0.05, 0.1) is 0 Å². The van der Waals surface area contributed by atoms with Crippen LogP contribution < -0.4 is 0 Å². The third-order valence-electron chi connectivity index (χ3n) is 9.21. The van der Waals surface area contributed by atoms with Crippen LogP contribution in [0.15, 0.2) is 48.2 Å². The van der Waals surface area contributed by atoms with Crippen molar-refractivity contribution in [2.24, 2.45) is 0 Å². The van der Waals surface area contributed by atoms with Crippen molar-refractivity contribution in [1.82, 2.24) is 0 Å². The Morgan fingerprint density at radius 3 is 0.972 bits per heavy atom. The number of rotatable bonds is 0. The average Bonchev–Trinajstić information content (AvgIpc) is 3.70. The van der Waals surface area contributed by atoms with E-state index in [2.05, 4.69) is 16.1 Å². The summed E-state index contributed by atoms with van der Waals surface area (Å²) in [5, 5.41) is 30.3. The van der Waals surface area contributed by atoms with E-state index in [0.29, 0.717) is 0 Å². The molecule has 7 aromatic carbocycles. The van der Waals surface area contributed by atoms with Crippen molar-refractivity contribution in [2.75, 3.05) is 0 Å². The number of hydrogen-bond acceptors (Lipinski definition) is 6. The van der Waals surface area contributed by atoms with Crippen LogP contribution in [0.3, 0.4) is 0 Å². The van der Waals surface area contributed by atoms with Gasteiger partial charge in [-0.1, -0.05) is 0 Å². The normalized spacial score (nSPS) is 14.7. The molecule has 162 valence electrons. The fourth-order valence-electron chi connectivity index (χ4n) is 8.08. The molecule has 0 aliphatic heterocycles. The Balaban J connectivity index is 1.68. The lowest BCUT2D eigenvalue weighted by Gasteiger charge is -2.21. The first kappa shape index (κ1) is 16.0. The molecular formula is C30H6O3S3. The van der Waals surface area contributed by atoms with E-state index < -0.39 is 0 Å². The molecule has 0 saturated carbocycles. The molecule has 0 aliphatic rings. The molecule has 6 heteroatoms. The maximum Gasteiger partial charge on any atom is 0.143 e. The minimum absolute atomic E-state index is 1.02. The van der Waals surface area contributed by atoms with E-state index in [-0.39, 0.29) is 0 Å². The van der Waals surface area contributed by atoms with Gasteiger partial charge in [-0.05, 0) is 0 Å². The van der Waals surface area contributed by atoms with Crippen molar-refractivity contribution in [3.8, 4) is 0 Å². The average molecular weight is 511 g/mol. The van der Waals surface area contributed by atoms with E-state index >= 15 is 0 Å². The van der Waals surface area contributed by atoms with Gasteiger partial charge >= 0.3 is 0 Å². The largest absolute Gasteiger partial charge is 0.463 e. The topological polar surface area (TPSA) is 39.4 Å². The lowest BCUT2D eigenvalue weighted by molar-refractivity contribution is 0.623. The van der Waals surface area contributed by atoms with Crippen LogP contribution in [0.4, 0.5) is 0 Å². The zero-order chi connectivity index (χ0) is 22.3. The molecule has 3 nitrogen and oxygen atoms in total. The molecule has 0 spiro atoms. The van der Waals surface area contributed by atoms with Crippen LogP contribution in [-0.2, 0) is 0 Å². The van der Waals surface area contributed by atoms with E-state index in [9.17, 15) is 0 Å². The first-order valence-electron chi connectivity index (χ1n) is 11.9. The highest BCUT2D eigenvalue weighted by Crippen LogP contribution is 2.62. The summed E-state index contributed by atoms with van der Waals surface area (Å²) in [6.07, 6.45) is 5.97. The van der Waals surface area contributed by atoms with Crippen LogP contribution in [0.1, 0.15) is 0 Å². The first-order valence-corrected chi connectivity index (χ1v) is 14.5. The van der Waals surface area contributed by atoms with Crippen molar-refractivity contribution in [2.45, 2.75) is 0 Å². The van der Waals surface area contributed by atoms with Gasteiger partial charge in [-0.25, -0.2) is 0 Å². The van der Waals surface area contributed by atoms with E-state index in [1.165, 1.54) is 111 Å². The molecule has 0 amide bonds. The zero-order valence-electron chi connectivity index (χ0n) is 17.9. The summed E-state index contributed by atoms with van der Waals surface area (Å²) in [4.78, 5) is 0. The maximum absolute atomic E-state index is 6.42. The Morgan fingerprint density at radius 1 is 0.333 bits per heavy atom. The van der Waals surface area contributed by atoms with Crippen molar-refractivity contribution in [1.29, 1.82) is 0 Å². The predicted octanol–water partition coefficient (Wildman–Crippen LogP) is 11.1. The summed E-state index contributed by atoms with van der Waals surface area (Å²) < 4.78 is 23.2. The molecule has 13 rings (SSSR count). The van der Waals surface area contributed by atoms with Crippen LogP contribution in [0.2, 0.25) is 0 Å². The number of fused-ring (bicyclic) bond motifs is 6. The van der Waals surface area contributed by atoms with E-state index in [4.69, 9.17) is 13.3 Å². The Bertz CT molecular complexity index is 2310. The Kier molecular flexibility index (Phi) is 1.96. The highest BCUT2D eigenvalue weighted by atomic mass is 32.1. The number of thiophene rings is 3. The third kappa shape index (κ3) is 1.20. The van der Waals surface area contributed by atoms with E-state index in [0.717, 1.165) is 16.7 Å². The summed E-state index contributed by atoms with van der Waals surface area (Å²) in [7, 11) is 0. The summed E-state index contributed by atoms with van der Waals surface area (Å²) in [6.45, 7) is 0. The highest BCUT2D eigenvalue weighted by Gasteiger charge is 2.34. The standard InChI is InChI=1S/C30H6O3S3/c1-7-13-19-22-16-11(5-34-28(7)16)26-14-9(3-32-26)30-18-12(6-36-30)27-15-8(2-33-27)29-17(10(4-35-29)25(13)31-1)23(19)21(15)24(18)20(14)22/h1-6H. The van der Waals surface area contributed by atoms with Crippen molar-refractivity contribution < 1.29 is 13.3 Å². The summed E-state index contributed by atoms with van der Waals surface area (Å²) in [6, 6.07) is 0. The maximum atomic E-state index is 6.42. The van der Waals surface area contributed by atoms with Gasteiger partial charge < -0.3 is 13.3 Å². The summed E-state index contributed by atoms with van der Waals surface area (Å²) in [5.74, 6) is 0. The zero-order valence-corrected chi connectivity index (χ0v) is 20.4. The third-order valence-corrected chi connectivity index (χ3v) is 12.3. The first-order chi connectivity index (χ1) is 17.9. The van der Waals surface area contributed by atoms with Crippen molar-refractivity contribution in [3.63, 3.8) is 0 Å². The summed E-state index contributed by atoms with van der Waals surface area (Å²) >= 11 is 5.46. The Morgan fingerprint density at radius 2 is 0.639 bits per heavy atom.